The molecule has 1 aliphatic heterocycles. The number of hydrogen-bond donors (Lipinski definition) is 1. The van der Waals surface area contributed by atoms with Crippen LogP contribution in [0, 0.1) is 11.3 Å². The molecule has 1 unspecified atom stereocenters. The third-order valence-electron chi connectivity index (χ3n) is 5.25. The molecule has 6 nitrogen and oxygen atoms in total. The number of carbonyl (C=O) groups is 2. The van der Waals surface area contributed by atoms with Gasteiger partial charge in [-0.1, -0.05) is 53.7 Å². The van der Waals surface area contributed by atoms with Crippen LogP contribution < -0.4 is 15.0 Å². The van der Waals surface area contributed by atoms with Gasteiger partial charge >= 0.3 is 0 Å². The number of hydrogen-bond acceptors (Lipinski definition) is 5. The first kappa shape index (κ1) is 24.4. The van der Waals surface area contributed by atoms with Gasteiger partial charge in [0.25, 0.3) is 5.91 Å². The Labute approximate surface area is 213 Å². The van der Waals surface area contributed by atoms with Crippen LogP contribution in [0.1, 0.15) is 12.5 Å². The lowest BCUT2D eigenvalue weighted by Crippen LogP contribution is -2.30. The van der Waals surface area contributed by atoms with Crippen molar-refractivity contribution in [2.45, 2.75) is 18.6 Å². The molecule has 1 saturated heterocycles. The van der Waals surface area contributed by atoms with Gasteiger partial charge in [-0.15, -0.1) is 0 Å². The first-order valence-electron chi connectivity index (χ1n) is 11.0. The molecule has 3 aromatic carbocycles. The Morgan fingerprint density at radius 1 is 1.11 bits per heavy atom. The fraction of sp³-hybridized carbons (Fsp3) is 0.148. The topological polar surface area (TPSA) is 82.4 Å². The molecule has 3 aromatic rings. The molecule has 0 saturated carbocycles. The zero-order chi connectivity index (χ0) is 24.8. The Hall–Kier alpha value is -3.73. The SMILES string of the molecule is CCOc1ccc(NC(=O)/C(C#N)=C2/SC(Cc3cccc(Cl)c3)C(=O)N2c2ccccc2)cc1. The zero-order valence-corrected chi connectivity index (χ0v) is 20.5. The van der Waals surface area contributed by atoms with E-state index < -0.39 is 11.2 Å². The number of nitrogens with one attached hydrogen (secondary N) is 1. The van der Waals surface area contributed by atoms with Crippen molar-refractivity contribution >= 4 is 46.6 Å². The number of carbonyl (C=O) groups excluding carboxylic acids is 2. The minimum absolute atomic E-state index is 0.130. The van der Waals surface area contributed by atoms with E-state index in [1.807, 2.05) is 37.3 Å². The molecule has 1 fully saturated rings. The van der Waals surface area contributed by atoms with E-state index >= 15 is 0 Å². The number of nitrogens with zero attached hydrogens (tertiary/aromatic N) is 2. The number of rotatable bonds is 7. The molecule has 0 spiro atoms. The highest BCUT2D eigenvalue weighted by Gasteiger charge is 2.40. The molecule has 0 radical (unpaired) electrons. The standard InChI is InChI=1S/C27H22ClN3O3S/c1-2-34-22-13-11-20(12-14-22)30-25(32)23(17-29)27-31(21-9-4-3-5-10-21)26(33)24(35-27)16-18-7-6-8-19(28)15-18/h3-15,24H,2,16H2,1H3,(H,30,32)/b27-23+. The van der Waals surface area contributed by atoms with Gasteiger partial charge in [0.1, 0.15) is 22.4 Å². The Morgan fingerprint density at radius 2 is 1.86 bits per heavy atom. The van der Waals surface area contributed by atoms with E-state index in [1.54, 1.807) is 54.6 Å². The number of halogens is 1. The Kier molecular flexibility index (Phi) is 7.76. The molecular formula is C27H22ClN3O3S. The van der Waals surface area contributed by atoms with Gasteiger partial charge in [0.2, 0.25) is 5.91 Å². The summed E-state index contributed by atoms with van der Waals surface area (Å²) in [5.41, 5.74) is 1.88. The average molecular weight is 504 g/mol. The van der Waals surface area contributed by atoms with E-state index in [0.717, 1.165) is 5.56 Å². The fourth-order valence-electron chi connectivity index (χ4n) is 3.67. The van der Waals surface area contributed by atoms with Gasteiger partial charge < -0.3 is 10.1 Å². The smallest absolute Gasteiger partial charge is 0.269 e. The largest absolute Gasteiger partial charge is 0.494 e. The first-order valence-corrected chi connectivity index (χ1v) is 12.2. The van der Waals surface area contributed by atoms with Gasteiger partial charge in [0, 0.05) is 16.4 Å². The van der Waals surface area contributed by atoms with Crippen LogP contribution in [0.25, 0.3) is 0 Å². The molecule has 4 rings (SSSR count). The van der Waals surface area contributed by atoms with Crippen molar-refractivity contribution in [2.24, 2.45) is 0 Å². The van der Waals surface area contributed by atoms with Gasteiger partial charge in [-0.2, -0.15) is 5.26 Å². The second kappa shape index (κ2) is 11.1. The lowest BCUT2D eigenvalue weighted by molar-refractivity contribution is -0.117. The lowest BCUT2D eigenvalue weighted by atomic mass is 10.1. The molecule has 35 heavy (non-hydrogen) atoms. The summed E-state index contributed by atoms with van der Waals surface area (Å²) in [5.74, 6) is -0.102. The van der Waals surface area contributed by atoms with Gasteiger partial charge in [-0.25, -0.2) is 0 Å². The van der Waals surface area contributed by atoms with E-state index in [1.165, 1.54) is 16.7 Å². The summed E-state index contributed by atoms with van der Waals surface area (Å²) >= 11 is 7.34. The van der Waals surface area contributed by atoms with Crippen molar-refractivity contribution in [1.82, 2.24) is 0 Å². The molecule has 0 bridgehead atoms. The highest BCUT2D eigenvalue weighted by Crippen LogP contribution is 2.42. The molecule has 1 atom stereocenters. The van der Waals surface area contributed by atoms with Crippen molar-refractivity contribution in [1.29, 1.82) is 5.26 Å². The maximum Gasteiger partial charge on any atom is 0.269 e. The van der Waals surface area contributed by atoms with E-state index in [0.29, 0.717) is 40.2 Å². The summed E-state index contributed by atoms with van der Waals surface area (Å²) in [6, 6.07) is 25.2. The predicted molar refractivity (Wildman–Crippen MR) is 139 cm³/mol. The zero-order valence-electron chi connectivity index (χ0n) is 18.9. The number of thioether (sulfide) groups is 1. The van der Waals surface area contributed by atoms with Crippen molar-refractivity contribution in [3.05, 3.63) is 100 Å². The van der Waals surface area contributed by atoms with Gasteiger partial charge in [0.15, 0.2) is 0 Å². The highest BCUT2D eigenvalue weighted by molar-refractivity contribution is 8.05. The van der Waals surface area contributed by atoms with Crippen LogP contribution in [0.5, 0.6) is 5.75 Å². The minimum atomic E-state index is -0.587. The van der Waals surface area contributed by atoms with Crippen molar-refractivity contribution < 1.29 is 14.3 Å². The van der Waals surface area contributed by atoms with Gasteiger partial charge in [-0.3, -0.25) is 14.5 Å². The third kappa shape index (κ3) is 5.68. The molecular weight excluding hydrogens is 482 g/mol. The quantitative estimate of drug-likeness (QED) is 0.325. The Morgan fingerprint density at radius 3 is 2.51 bits per heavy atom. The maximum atomic E-state index is 13.5. The van der Waals surface area contributed by atoms with Crippen LogP contribution in [0.3, 0.4) is 0 Å². The van der Waals surface area contributed by atoms with Crippen LogP contribution in [-0.2, 0) is 16.0 Å². The molecule has 1 N–H and O–H groups in total. The second-order valence-corrected chi connectivity index (χ2v) is 9.28. The number of anilines is 2. The molecule has 176 valence electrons. The molecule has 2 amide bonds. The third-order valence-corrected chi connectivity index (χ3v) is 6.75. The van der Waals surface area contributed by atoms with Crippen LogP contribution in [0.2, 0.25) is 5.02 Å². The second-order valence-electron chi connectivity index (χ2n) is 7.65. The van der Waals surface area contributed by atoms with Crippen LogP contribution in [-0.4, -0.2) is 23.7 Å². The summed E-state index contributed by atoms with van der Waals surface area (Å²) in [4.78, 5) is 28.1. The number of ether oxygens (including phenoxy) is 1. The summed E-state index contributed by atoms with van der Waals surface area (Å²) < 4.78 is 5.43. The van der Waals surface area contributed by atoms with Crippen molar-refractivity contribution in [3.63, 3.8) is 0 Å². The monoisotopic (exact) mass is 503 g/mol. The predicted octanol–water partition coefficient (Wildman–Crippen LogP) is 5.80. The van der Waals surface area contributed by atoms with Crippen LogP contribution in [0.4, 0.5) is 11.4 Å². The van der Waals surface area contributed by atoms with E-state index in [-0.39, 0.29) is 11.5 Å². The summed E-state index contributed by atoms with van der Waals surface area (Å²) in [6.45, 7) is 2.42. The number of amides is 2. The molecule has 1 aliphatic rings. The number of nitriles is 1. The molecule has 1 heterocycles. The normalized spacial score (nSPS) is 16.5. The maximum absolute atomic E-state index is 13.5. The highest BCUT2D eigenvalue weighted by atomic mass is 35.5. The average Bonchev–Trinajstić information content (AvgIpc) is 3.17. The van der Waals surface area contributed by atoms with Gasteiger partial charge in [0.05, 0.1) is 11.9 Å². The van der Waals surface area contributed by atoms with E-state index in [4.69, 9.17) is 16.3 Å². The Balaban J connectivity index is 1.66. The van der Waals surface area contributed by atoms with Crippen molar-refractivity contribution in [3.8, 4) is 11.8 Å². The fourth-order valence-corrected chi connectivity index (χ4v) is 5.19. The van der Waals surface area contributed by atoms with Crippen LogP contribution >= 0.6 is 23.4 Å². The minimum Gasteiger partial charge on any atom is -0.494 e. The number of para-hydroxylation sites is 1. The van der Waals surface area contributed by atoms with Crippen LogP contribution in [0.15, 0.2) is 89.5 Å². The summed E-state index contributed by atoms with van der Waals surface area (Å²) in [6.07, 6.45) is 0.413. The van der Waals surface area contributed by atoms with E-state index in [2.05, 4.69) is 5.32 Å². The molecule has 0 aliphatic carbocycles. The van der Waals surface area contributed by atoms with Gasteiger partial charge in [-0.05, 0) is 67.4 Å². The first-order chi connectivity index (χ1) is 17.0. The van der Waals surface area contributed by atoms with Crippen molar-refractivity contribution in [2.75, 3.05) is 16.8 Å². The summed E-state index contributed by atoms with van der Waals surface area (Å²) in [5, 5.41) is 13.1. The lowest BCUT2D eigenvalue weighted by Gasteiger charge is -2.18. The molecule has 8 heteroatoms. The molecule has 0 aromatic heterocycles. The van der Waals surface area contributed by atoms with E-state index in [9.17, 15) is 14.9 Å². The summed E-state index contributed by atoms with van der Waals surface area (Å²) in [7, 11) is 0. The Bertz CT molecular complexity index is 1300. The number of benzene rings is 3.